The van der Waals surface area contributed by atoms with Gasteiger partial charge in [0.1, 0.15) is 0 Å². The Kier molecular flexibility index (Phi) is 4.02. The second-order valence-corrected chi connectivity index (χ2v) is 4.86. The summed E-state index contributed by atoms with van der Waals surface area (Å²) in [5.74, 6) is -1.52. The number of nitro groups is 1. The molecule has 0 unspecified atom stereocenters. The fraction of sp³-hybridized carbons (Fsp3) is 0. The molecule has 0 fully saturated rings. The number of hydrogen-bond donors (Lipinski definition) is 1. The number of anilines is 1. The molecule has 1 aromatic heterocycles. The number of nitro benzene ring substituents is 1. The van der Waals surface area contributed by atoms with Crippen molar-refractivity contribution in [3.8, 4) is 5.69 Å². The van der Waals surface area contributed by atoms with Crippen molar-refractivity contribution < 1.29 is 14.1 Å². The number of amides is 1. The van der Waals surface area contributed by atoms with E-state index >= 15 is 0 Å². The number of rotatable bonds is 4. The summed E-state index contributed by atoms with van der Waals surface area (Å²) < 4.78 is 14.8. The molecule has 0 atom stereocenters. The normalized spacial score (nSPS) is 10.4. The van der Waals surface area contributed by atoms with E-state index in [9.17, 15) is 19.3 Å². The summed E-state index contributed by atoms with van der Waals surface area (Å²) in [6, 6.07) is 13.9. The fourth-order valence-corrected chi connectivity index (χ4v) is 2.10. The monoisotopic (exact) mass is 326 g/mol. The van der Waals surface area contributed by atoms with E-state index in [2.05, 4.69) is 10.4 Å². The van der Waals surface area contributed by atoms with Crippen LogP contribution in [0.25, 0.3) is 5.69 Å². The van der Waals surface area contributed by atoms with Gasteiger partial charge in [-0.15, -0.1) is 0 Å². The molecule has 1 heterocycles. The summed E-state index contributed by atoms with van der Waals surface area (Å²) >= 11 is 0. The molecular weight excluding hydrogens is 315 g/mol. The van der Waals surface area contributed by atoms with Crippen LogP contribution in [-0.4, -0.2) is 20.6 Å². The first-order valence-electron chi connectivity index (χ1n) is 6.91. The molecule has 3 rings (SSSR count). The summed E-state index contributed by atoms with van der Waals surface area (Å²) in [4.78, 5) is 22.0. The molecule has 0 saturated heterocycles. The largest absolute Gasteiger partial charge is 0.320 e. The molecule has 1 amide bonds. The average Bonchev–Trinajstić information content (AvgIpc) is 3.07. The van der Waals surface area contributed by atoms with Gasteiger partial charge in [0.15, 0.2) is 5.69 Å². The minimum Gasteiger partial charge on any atom is -0.320 e. The number of carbonyl (C=O) groups is 1. The molecule has 0 aliphatic carbocycles. The predicted molar refractivity (Wildman–Crippen MR) is 84.6 cm³/mol. The van der Waals surface area contributed by atoms with Crippen molar-refractivity contribution in [2.24, 2.45) is 0 Å². The molecule has 120 valence electrons. The maximum absolute atomic E-state index is 13.3. The highest BCUT2D eigenvalue weighted by Gasteiger charge is 2.16. The summed E-state index contributed by atoms with van der Waals surface area (Å²) in [7, 11) is 0. The van der Waals surface area contributed by atoms with E-state index in [1.54, 1.807) is 6.20 Å². The fourth-order valence-electron chi connectivity index (χ4n) is 2.10. The van der Waals surface area contributed by atoms with Gasteiger partial charge >= 0.3 is 5.69 Å². The van der Waals surface area contributed by atoms with Gasteiger partial charge < -0.3 is 5.32 Å². The SMILES string of the molecule is O=C(Nc1ccc(F)c([N+](=O)[O-])c1)c1ccn(-c2ccccc2)n1. The lowest BCUT2D eigenvalue weighted by Gasteiger charge is -2.04. The third-order valence-corrected chi connectivity index (χ3v) is 3.24. The molecule has 0 spiro atoms. The molecule has 2 aromatic carbocycles. The number of nitrogens with one attached hydrogen (secondary N) is 1. The zero-order chi connectivity index (χ0) is 17.1. The Balaban J connectivity index is 1.80. The van der Waals surface area contributed by atoms with E-state index in [1.165, 1.54) is 16.8 Å². The lowest BCUT2D eigenvalue weighted by atomic mass is 10.2. The third-order valence-electron chi connectivity index (χ3n) is 3.24. The van der Waals surface area contributed by atoms with Gasteiger partial charge in [-0.3, -0.25) is 14.9 Å². The van der Waals surface area contributed by atoms with Crippen LogP contribution in [0.4, 0.5) is 15.8 Å². The molecule has 0 saturated carbocycles. The van der Waals surface area contributed by atoms with Crippen LogP contribution in [0.1, 0.15) is 10.5 Å². The second-order valence-electron chi connectivity index (χ2n) is 4.86. The van der Waals surface area contributed by atoms with Crippen LogP contribution in [0.5, 0.6) is 0 Å². The Bertz CT molecular complexity index is 909. The molecule has 0 aliphatic heterocycles. The molecule has 0 aliphatic rings. The van der Waals surface area contributed by atoms with Gasteiger partial charge in [0, 0.05) is 18.0 Å². The minimum atomic E-state index is -0.966. The summed E-state index contributed by atoms with van der Waals surface area (Å²) in [5, 5.41) is 17.3. The molecule has 0 bridgehead atoms. The molecule has 8 heteroatoms. The van der Waals surface area contributed by atoms with Crippen LogP contribution < -0.4 is 5.32 Å². The predicted octanol–water partition coefficient (Wildman–Crippen LogP) is 3.17. The number of aromatic nitrogens is 2. The van der Waals surface area contributed by atoms with Crippen molar-refractivity contribution in [3.05, 3.63) is 82.4 Å². The smallest absolute Gasteiger partial charge is 0.306 e. The summed E-state index contributed by atoms with van der Waals surface area (Å²) in [5.41, 5.74) is 0.324. The van der Waals surface area contributed by atoms with Crippen LogP contribution in [0.3, 0.4) is 0 Å². The van der Waals surface area contributed by atoms with E-state index in [4.69, 9.17) is 0 Å². The molecular formula is C16H11FN4O3. The molecule has 3 aromatic rings. The first-order chi connectivity index (χ1) is 11.5. The van der Waals surface area contributed by atoms with Crippen LogP contribution in [0.15, 0.2) is 60.8 Å². The summed E-state index contributed by atoms with van der Waals surface area (Å²) in [6.07, 6.45) is 1.62. The number of hydrogen-bond acceptors (Lipinski definition) is 4. The van der Waals surface area contributed by atoms with Crippen LogP contribution in [-0.2, 0) is 0 Å². The highest BCUT2D eigenvalue weighted by molar-refractivity contribution is 6.02. The maximum Gasteiger partial charge on any atom is 0.306 e. The third kappa shape index (κ3) is 3.12. The number of nitrogens with zero attached hydrogens (tertiary/aromatic N) is 3. The van der Waals surface area contributed by atoms with Gasteiger partial charge in [-0.2, -0.15) is 9.49 Å². The Hall–Kier alpha value is -3.55. The van der Waals surface area contributed by atoms with Gasteiger partial charge in [0.25, 0.3) is 5.91 Å². The Labute approximate surface area is 135 Å². The number of halogens is 1. The van der Waals surface area contributed by atoms with Crippen molar-refractivity contribution in [2.75, 3.05) is 5.32 Å². The summed E-state index contributed by atoms with van der Waals surface area (Å²) in [6.45, 7) is 0. The second kappa shape index (κ2) is 6.29. The van der Waals surface area contributed by atoms with E-state index < -0.39 is 22.3 Å². The number of benzene rings is 2. The number of para-hydroxylation sites is 1. The first kappa shape index (κ1) is 15.3. The zero-order valence-corrected chi connectivity index (χ0v) is 12.2. The molecule has 24 heavy (non-hydrogen) atoms. The van der Waals surface area contributed by atoms with E-state index in [1.807, 2.05) is 30.3 Å². The quantitative estimate of drug-likeness (QED) is 0.589. The standard InChI is InChI=1S/C16H11FN4O3/c17-13-7-6-11(10-15(13)21(23)24)18-16(22)14-8-9-20(19-14)12-4-2-1-3-5-12/h1-10H,(H,18,22). The first-order valence-corrected chi connectivity index (χ1v) is 6.91. The van der Waals surface area contributed by atoms with Crippen molar-refractivity contribution in [1.82, 2.24) is 9.78 Å². The highest BCUT2D eigenvalue weighted by Crippen LogP contribution is 2.22. The van der Waals surface area contributed by atoms with Gasteiger partial charge in [-0.05, 0) is 30.3 Å². The van der Waals surface area contributed by atoms with Crippen molar-refractivity contribution in [3.63, 3.8) is 0 Å². The van der Waals surface area contributed by atoms with E-state index in [-0.39, 0.29) is 11.4 Å². The van der Waals surface area contributed by atoms with Crippen molar-refractivity contribution in [1.29, 1.82) is 0 Å². The number of carbonyl (C=O) groups excluding carboxylic acids is 1. The van der Waals surface area contributed by atoms with Crippen molar-refractivity contribution >= 4 is 17.3 Å². The van der Waals surface area contributed by atoms with Crippen LogP contribution in [0.2, 0.25) is 0 Å². The van der Waals surface area contributed by atoms with Gasteiger partial charge in [-0.25, -0.2) is 4.68 Å². The zero-order valence-electron chi connectivity index (χ0n) is 12.2. The molecule has 1 N–H and O–H groups in total. The van der Waals surface area contributed by atoms with Gasteiger partial charge in [0.05, 0.1) is 10.6 Å². The maximum atomic E-state index is 13.3. The highest BCUT2D eigenvalue weighted by atomic mass is 19.1. The average molecular weight is 326 g/mol. The Morgan fingerprint density at radius 2 is 1.92 bits per heavy atom. The van der Waals surface area contributed by atoms with Crippen LogP contribution in [0, 0.1) is 15.9 Å². The Morgan fingerprint density at radius 3 is 2.62 bits per heavy atom. The van der Waals surface area contributed by atoms with Crippen LogP contribution >= 0.6 is 0 Å². The van der Waals surface area contributed by atoms with Gasteiger partial charge in [0.2, 0.25) is 5.82 Å². The minimum absolute atomic E-state index is 0.113. The Morgan fingerprint density at radius 1 is 1.17 bits per heavy atom. The van der Waals surface area contributed by atoms with E-state index in [0.29, 0.717) is 0 Å². The van der Waals surface area contributed by atoms with Crippen molar-refractivity contribution in [2.45, 2.75) is 0 Å². The lowest BCUT2D eigenvalue weighted by molar-refractivity contribution is -0.387. The molecule has 0 radical (unpaired) electrons. The van der Waals surface area contributed by atoms with Gasteiger partial charge in [-0.1, -0.05) is 18.2 Å². The lowest BCUT2D eigenvalue weighted by Crippen LogP contribution is -2.13. The van der Waals surface area contributed by atoms with E-state index in [0.717, 1.165) is 17.8 Å². The topological polar surface area (TPSA) is 90.1 Å². The molecule has 7 nitrogen and oxygen atoms in total.